The molecule has 1 unspecified atom stereocenters. The van der Waals surface area contributed by atoms with Gasteiger partial charge in [0, 0.05) is 23.0 Å². The number of anilines is 1. The first-order valence-corrected chi connectivity index (χ1v) is 6.63. The minimum Gasteiger partial charge on any atom is -0.497 e. The topological polar surface area (TPSA) is 60.2 Å². The number of hydrogen-bond donors (Lipinski definition) is 2. The van der Waals surface area contributed by atoms with E-state index in [0.29, 0.717) is 6.04 Å². The summed E-state index contributed by atoms with van der Waals surface area (Å²) in [7, 11) is 1.67. The molecule has 1 aromatic carbocycles. The highest BCUT2D eigenvalue weighted by atomic mass is 16.5. The number of hydrogen-bond acceptors (Lipinski definition) is 4. The van der Waals surface area contributed by atoms with Gasteiger partial charge in [-0.05, 0) is 44.5 Å². The zero-order valence-corrected chi connectivity index (χ0v) is 11.5. The van der Waals surface area contributed by atoms with Crippen molar-refractivity contribution in [3.63, 3.8) is 0 Å². The lowest BCUT2D eigenvalue weighted by Crippen LogP contribution is -2.17. The number of methoxy groups -OCH3 is 1. The first-order valence-electron chi connectivity index (χ1n) is 6.63. The summed E-state index contributed by atoms with van der Waals surface area (Å²) in [6, 6.07) is 6.42. The van der Waals surface area contributed by atoms with Crippen molar-refractivity contribution in [2.75, 3.05) is 19.0 Å². The van der Waals surface area contributed by atoms with Crippen LogP contribution in [0.4, 0.5) is 5.69 Å². The summed E-state index contributed by atoms with van der Waals surface area (Å²) < 4.78 is 5.23. The van der Waals surface area contributed by atoms with Crippen LogP contribution in [0.3, 0.4) is 0 Å². The van der Waals surface area contributed by atoms with Gasteiger partial charge in [-0.15, -0.1) is 0 Å². The molecule has 0 radical (unpaired) electrons. The van der Waals surface area contributed by atoms with E-state index in [2.05, 4.69) is 23.3 Å². The van der Waals surface area contributed by atoms with Crippen molar-refractivity contribution >= 4 is 16.5 Å². The van der Waals surface area contributed by atoms with Crippen molar-refractivity contribution in [2.45, 2.75) is 25.8 Å². The van der Waals surface area contributed by atoms with E-state index in [-0.39, 0.29) is 0 Å². The third-order valence-corrected chi connectivity index (χ3v) is 3.21. The number of fused-ring (bicyclic) bond motifs is 1. The molecular formula is C15H21N3O. The number of rotatable bonds is 6. The summed E-state index contributed by atoms with van der Waals surface area (Å²) in [5.74, 6) is 0.850. The summed E-state index contributed by atoms with van der Waals surface area (Å²) in [5.41, 5.74) is 6.60. The molecule has 1 heterocycles. The van der Waals surface area contributed by atoms with Crippen molar-refractivity contribution in [3.05, 3.63) is 30.6 Å². The van der Waals surface area contributed by atoms with Gasteiger partial charge in [-0.25, -0.2) is 0 Å². The fraction of sp³-hybridized carbons (Fsp3) is 0.400. The van der Waals surface area contributed by atoms with Crippen molar-refractivity contribution in [1.29, 1.82) is 0 Å². The van der Waals surface area contributed by atoms with E-state index in [1.165, 1.54) is 0 Å². The van der Waals surface area contributed by atoms with Gasteiger partial charge in [-0.1, -0.05) is 0 Å². The Hall–Kier alpha value is -1.81. The van der Waals surface area contributed by atoms with E-state index in [9.17, 15) is 0 Å². The number of nitrogens with one attached hydrogen (secondary N) is 1. The summed E-state index contributed by atoms with van der Waals surface area (Å²) in [6.45, 7) is 2.90. The maximum absolute atomic E-state index is 5.54. The highest BCUT2D eigenvalue weighted by molar-refractivity contribution is 5.93. The molecule has 0 fully saturated rings. The van der Waals surface area contributed by atoms with Gasteiger partial charge in [0.2, 0.25) is 0 Å². The fourth-order valence-corrected chi connectivity index (χ4v) is 2.16. The number of nitrogens with zero attached hydrogens (tertiary/aromatic N) is 1. The second-order valence-corrected chi connectivity index (χ2v) is 4.75. The predicted octanol–water partition coefficient (Wildman–Crippen LogP) is 2.78. The van der Waals surface area contributed by atoms with Crippen LogP contribution in [0.15, 0.2) is 30.6 Å². The van der Waals surface area contributed by atoms with Crippen LogP contribution in [0.2, 0.25) is 0 Å². The molecule has 0 aliphatic heterocycles. The molecule has 4 heteroatoms. The minimum atomic E-state index is 0.387. The van der Waals surface area contributed by atoms with Gasteiger partial charge in [0.25, 0.3) is 0 Å². The molecule has 0 amide bonds. The van der Waals surface area contributed by atoms with Crippen molar-refractivity contribution < 1.29 is 4.74 Å². The van der Waals surface area contributed by atoms with Gasteiger partial charge in [0.1, 0.15) is 5.75 Å². The van der Waals surface area contributed by atoms with Crippen LogP contribution in [0.5, 0.6) is 5.75 Å². The Morgan fingerprint density at radius 2 is 2.21 bits per heavy atom. The van der Waals surface area contributed by atoms with Gasteiger partial charge in [-0.2, -0.15) is 0 Å². The Balaban J connectivity index is 2.23. The van der Waals surface area contributed by atoms with Gasteiger partial charge in [0.15, 0.2) is 0 Å². The quantitative estimate of drug-likeness (QED) is 0.837. The summed E-state index contributed by atoms with van der Waals surface area (Å²) in [4.78, 5) is 4.28. The van der Waals surface area contributed by atoms with E-state index in [1.54, 1.807) is 7.11 Å². The van der Waals surface area contributed by atoms with Crippen LogP contribution in [-0.2, 0) is 0 Å². The Morgan fingerprint density at radius 1 is 1.37 bits per heavy atom. The molecule has 19 heavy (non-hydrogen) atoms. The maximum atomic E-state index is 5.54. The van der Waals surface area contributed by atoms with E-state index in [4.69, 9.17) is 10.5 Å². The Labute approximate surface area is 114 Å². The highest BCUT2D eigenvalue weighted by Crippen LogP contribution is 2.26. The molecule has 0 aliphatic carbocycles. The molecule has 0 saturated heterocycles. The lowest BCUT2D eigenvalue weighted by Gasteiger charge is -2.16. The van der Waals surface area contributed by atoms with E-state index in [0.717, 1.165) is 41.6 Å². The van der Waals surface area contributed by atoms with E-state index >= 15 is 0 Å². The van der Waals surface area contributed by atoms with E-state index < -0.39 is 0 Å². The number of aromatic nitrogens is 1. The van der Waals surface area contributed by atoms with Gasteiger partial charge >= 0.3 is 0 Å². The zero-order valence-electron chi connectivity index (χ0n) is 11.5. The largest absolute Gasteiger partial charge is 0.497 e. The van der Waals surface area contributed by atoms with Gasteiger partial charge < -0.3 is 15.8 Å². The average Bonchev–Trinajstić information content (AvgIpc) is 2.44. The monoisotopic (exact) mass is 259 g/mol. The third kappa shape index (κ3) is 3.35. The molecule has 3 N–H and O–H groups in total. The summed E-state index contributed by atoms with van der Waals surface area (Å²) in [5, 5.41) is 5.74. The SMILES string of the molecule is COc1ccc2c(NC(C)CCCN)cncc2c1. The molecule has 0 bridgehead atoms. The van der Waals surface area contributed by atoms with Crippen molar-refractivity contribution in [3.8, 4) is 5.75 Å². The smallest absolute Gasteiger partial charge is 0.119 e. The standard InChI is InChI=1S/C15H21N3O/c1-11(4-3-7-16)18-15-10-17-9-12-8-13(19-2)5-6-14(12)15/h5-6,8-11,18H,3-4,7,16H2,1-2H3. The third-order valence-electron chi connectivity index (χ3n) is 3.21. The first kappa shape index (κ1) is 13.6. The van der Waals surface area contributed by atoms with Gasteiger partial charge in [-0.3, -0.25) is 4.98 Å². The number of benzene rings is 1. The predicted molar refractivity (Wildman–Crippen MR) is 79.7 cm³/mol. The molecule has 1 aromatic heterocycles. The Morgan fingerprint density at radius 3 is 2.95 bits per heavy atom. The number of ether oxygens (including phenoxy) is 1. The zero-order chi connectivity index (χ0) is 13.7. The summed E-state index contributed by atoms with van der Waals surface area (Å²) >= 11 is 0. The minimum absolute atomic E-state index is 0.387. The van der Waals surface area contributed by atoms with E-state index in [1.807, 2.05) is 24.5 Å². The second kappa shape index (κ2) is 6.38. The highest BCUT2D eigenvalue weighted by Gasteiger charge is 2.06. The molecule has 2 aromatic rings. The number of nitrogens with two attached hydrogens (primary N) is 1. The molecular weight excluding hydrogens is 238 g/mol. The van der Waals surface area contributed by atoms with Crippen LogP contribution < -0.4 is 15.8 Å². The van der Waals surface area contributed by atoms with Crippen LogP contribution in [0.25, 0.3) is 10.8 Å². The molecule has 4 nitrogen and oxygen atoms in total. The molecule has 0 spiro atoms. The fourth-order valence-electron chi connectivity index (χ4n) is 2.16. The Bertz CT molecular complexity index is 542. The lowest BCUT2D eigenvalue weighted by atomic mass is 10.1. The maximum Gasteiger partial charge on any atom is 0.119 e. The second-order valence-electron chi connectivity index (χ2n) is 4.75. The average molecular weight is 259 g/mol. The normalized spacial score (nSPS) is 12.4. The molecule has 1 atom stereocenters. The van der Waals surface area contributed by atoms with Crippen LogP contribution in [0, 0.1) is 0 Å². The molecule has 0 aliphatic rings. The van der Waals surface area contributed by atoms with Crippen molar-refractivity contribution in [2.24, 2.45) is 5.73 Å². The Kier molecular flexibility index (Phi) is 4.58. The van der Waals surface area contributed by atoms with Crippen LogP contribution in [-0.4, -0.2) is 24.7 Å². The van der Waals surface area contributed by atoms with Crippen molar-refractivity contribution in [1.82, 2.24) is 4.98 Å². The van der Waals surface area contributed by atoms with Crippen LogP contribution in [0.1, 0.15) is 19.8 Å². The number of pyridine rings is 1. The van der Waals surface area contributed by atoms with Crippen LogP contribution >= 0.6 is 0 Å². The molecule has 102 valence electrons. The van der Waals surface area contributed by atoms with Gasteiger partial charge in [0.05, 0.1) is 19.0 Å². The lowest BCUT2D eigenvalue weighted by molar-refractivity contribution is 0.415. The molecule has 2 rings (SSSR count). The molecule has 0 saturated carbocycles. The summed E-state index contributed by atoms with van der Waals surface area (Å²) in [6.07, 6.45) is 5.81. The first-order chi connectivity index (χ1) is 9.24.